The van der Waals surface area contributed by atoms with E-state index in [0.29, 0.717) is 0 Å². The largest absolute Gasteiger partial charge is 0.480 e. The Morgan fingerprint density at radius 3 is 1.32 bits per heavy atom. The number of carbonyl (C=O) groups excluding carboxylic acids is 12. The van der Waals surface area contributed by atoms with Crippen molar-refractivity contribution in [3.63, 3.8) is 0 Å². The summed E-state index contributed by atoms with van der Waals surface area (Å²) in [7, 11) is 0. The van der Waals surface area contributed by atoms with E-state index >= 15 is 0 Å². The Labute approximate surface area is 463 Å². The van der Waals surface area contributed by atoms with E-state index in [9.17, 15) is 93.0 Å². The van der Waals surface area contributed by atoms with Crippen LogP contribution in [-0.4, -0.2) is 241 Å². The fourth-order valence-electron chi connectivity index (χ4n) is 6.77. The van der Waals surface area contributed by atoms with E-state index in [1.165, 1.54) is 19.4 Å². The van der Waals surface area contributed by atoms with Crippen molar-refractivity contribution in [1.29, 1.82) is 0 Å². The van der Waals surface area contributed by atoms with Crippen molar-refractivity contribution in [3.8, 4) is 0 Å². The highest BCUT2D eigenvalue weighted by Crippen LogP contribution is 2.08. The standard InChI is InChI=1S/C46H77N15O20/c1-19(2)8-27(46(80)81)57-41(75)26(9-24-10-48-18-51-24)56-45(79)35(23(7)67)61-37(71)22(6)52-42(76)30(16-65)55-33(69)12-49-39(73)28(14-63)54-32(68)11-50-40(74)29(15-64)59-43(77)31(17-66)58-36(70)21(5)53-44(78)34(20(3)4)60-38(72)25(47)13-62/h10,18-23,25-31,34-35,62-67H,8-9,11-17,47H2,1-7H3,(H,48,51)(H,49,73)(H,50,74)(H,52,76)(H,53,78)(H,54,68)(H,55,69)(H,56,79)(H,57,75)(H,58,70)(H,59,77)(H,60,72)(H,61,71)(H,80,81)/t21-,22-,23+,25-,26-,27-,28-,29-,30-,31-,34-,35-/m0/s1. The van der Waals surface area contributed by atoms with E-state index in [4.69, 9.17) is 10.8 Å². The number of nitrogens with two attached hydrogens (primary N) is 1. The van der Waals surface area contributed by atoms with Gasteiger partial charge in [0.15, 0.2) is 0 Å². The van der Waals surface area contributed by atoms with E-state index in [1.54, 1.807) is 27.7 Å². The first-order chi connectivity index (χ1) is 37.9. The smallest absolute Gasteiger partial charge is 0.326 e. The molecule has 1 aromatic rings. The number of nitrogens with one attached hydrogen (secondary N) is 13. The zero-order valence-electron chi connectivity index (χ0n) is 45.6. The summed E-state index contributed by atoms with van der Waals surface area (Å²) in [6.45, 7) is 3.24. The second-order valence-corrected chi connectivity index (χ2v) is 19.1. The molecule has 1 heterocycles. The lowest BCUT2D eigenvalue weighted by Crippen LogP contribution is -2.61. The van der Waals surface area contributed by atoms with Crippen molar-refractivity contribution in [3.05, 3.63) is 18.2 Å². The summed E-state index contributed by atoms with van der Waals surface area (Å²) in [4.78, 5) is 173. The Hall–Kier alpha value is -7.96. The quantitative estimate of drug-likeness (QED) is 0.0297. The number of aliphatic hydroxyl groups is 6. The molecule has 0 aromatic carbocycles. The third-order valence-corrected chi connectivity index (χ3v) is 11.4. The molecule has 1 aromatic heterocycles. The number of nitrogens with zero attached hydrogens (tertiary/aromatic N) is 1. The highest BCUT2D eigenvalue weighted by molar-refractivity contribution is 5.99. The summed E-state index contributed by atoms with van der Waals surface area (Å²) in [5.74, 6) is -14.7. The molecule has 1 rings (SSSR count). The lowest BCUT2D eigenvalue weighted by atomic mass is 10.0. The first kappa shape index (κ1) is 71.1. The summed E-state index contributed by atoms with van der Waals surface area (Å²) < 4.78 is 0. The lowest BCUT2D eigenvalue weighted by Gasteiger charge is -2.27. The van der Waals surface area contributed by atoms with Gasteiger partial charge in [0.1, 0.15) is 66.5 Å². The minimum Gasteiger partial charge on any atom is -0.480 e. The van der Waals surface area contributed by atoms with Crippen molar-refractivity contribution >= 4 is 76.9 Å². The lowest BCUT2D eigenvalue weighted by molar-refractivity contribution is -0.143. The van der Waals surface area contributed by atoms with Gasteiger partial charge < -0.3 is 110 Å². The number of hydrogen-bond donors (Lipinski definition) is 21. The van der Waals surface area contributed by atoms with Crippen LogP contribution in [0.1, 0.15) is 60.6 Å². The predicted molar refractivity (Wildman–Crippen MR) is 276 cm³/mol. The minimum absolute atomic E-state index is 0.0504. The topological polar surface area (TPSA) is 563 Å². The summed E-state index contributed by atoms with van der Waals surface area (Å²) >= 11 is 0. The van der Waals surface area contributed by atoms with Crippen LogP contribution in [0.2, 0.25) is 0 Å². The van der Waals surface area contributed by atoms with Crippen molar-refractivity contribution in [2.24, 2.45) is 17.6 Å². The van der Waals surface area contributed by atoms with Gasteiger partial charge in [-0.05, 0) is 39.0 Å². The molecule has 0 spiro atoms. The minimum atomic E-state index is -1.80. The normalized spacial score (nSPS) is 15.6. The maximum atomic E-state index is 13.4. The van der Waals surface area contributed by atoms with Gasteiger partial charge in [-0.2, -0.15) is 0 Å². The molecule has 0 aliphatic heterocycles. The molecule has 0 radical (unpaired) electrons. The van der Waals surface area contributed by atoms with Gasteiger partial charge >= 0.3 is 5.97 Å². The molecule has 12 atom stereocenters. The molecular formula is C46H77N15O20. The molecule has 22 N–H and O–H groups in total. The number of imidazole rings is 1. The maximum absolute atomic E-state index is 13.4. The number of carbonyl (C=O) groups is 13. The molecule has 35 heteroatoms. The predicted octanol–water partition coefficient (Wildman–Crippen LogP) is -11.5. The molecular weight excluding hydrogens is 1080 g/mol. The first-order valence-electron chi connectivity index (χ1n) is 25.2. The van der Waals surface area contributed by atoms with E-state index < -0.39 is 201 Å². The highest BCUT2D eigenvalue weighted by atomic mass is 16.4. The second-order valence-electron chi connectivity index (χ2n) is 19.1. The van der Waals surface area contributed by atoms with E-state index in [0.717, 1.165) is 13.8 Å². The van der Waals surface area contributed by atoms with Crippen molar-refractivity contribution in [1.82, 2.24) is 73.8 Å². The average molecular weight is 1160 g/mol. The molecule has 0 aliphatic rings. The van der Waals surface area contributed by atoms with Crippen LogP contribution >= 0.6 is 0 Å². The number of H-pyrrole nitrogens is 1. The molecule has 456 valence electrons. The van der Waals surface area contributed by atoms with E-state index in [-0.39, 0.29) is 24.5 Å². The van der Waals surface area contributed by atoms with Gasteiger partial charge in [0, 0.05) is 12.6 Å². The number of rotatable bonds is 36. The third kappa shape index (κ3) is 24.9. The van der Waals surface area contributed by atoms with Crippen LogP contribution in [0.4, 0.5) is 0 Å². The fourth-order valence-corrected chi connectivity index (χ4v) is 6.77. The van der Waals surface area contributed by atoms with Crippen LogP contribution in [0, 0.1) is 11.8 Å². The Balaban J connectivity index is 2.80. The summed E-state index contributed by atoms with van der Waals surface area (Å²) in [6, 6.07) is -17.0. The number of amides is 12. The molecule has 81 heavy (non-hydrogen) atoms. The fraction of sp³-hybridized carbons (Fsp3) is 0.652. The maximum Gasteiger partial charge on any atom is 0.326 e. The monoisotopic (exact) mass is 1160 g/mol. The van der Waals surface area contributed by atoms with Gasteiger partial charge in [-0.1, -0.05) is 27.7 Å². The molecule has 35 nitrogen and oxygen atoms in total. The molecule has 0 aliphatic carbocycles. The van der Waals surface area contributed by atoms with Crippen molar-refractivity contribution in [2.75, 3.05) is 46.1 Å². The van der Waals surface area contributed by atoms with Gasteiger partial charge in [0.25, 0.3) is 0 Å². The number of carboxylic acid groups (broad SMARTS) is 1. The van der Waals surface area contributed by atoms with Crippen LogP contribution in [-0.2, 0) is 68.7 Å². The Bertz CT molecular complexity index is 2320. The molecule has 0 unspecified atom stereocenters. The van der Waals surface area contributed by atoms with Gasteiger partial charge in [0.05, 0.1) is 64.2 Å². The molecule has 0 fully saturated rings. The molecule has 0 saturated carbocycles. The number of hydrogen-bond acceptors (Lipinski definition) is 21. The number of carboxylic acids is 1. The van der Waals surface area contributed by atoms with Gasteiger partial charge in [-0.25, -0.2) is 9.78 Å². The van der Waals surface area contributed by atoms with Crippen LogP contribution in [0.25, 0.3) is 0 Å². The average Bonchev–Trinajstić information content (AvgIpc) is 3.93. The Morgan fingerprint density at radius 2 is 0.877 bits per heavy atom. The van der Waals surface area contributed by atoms with Crippen LogP contribution in [0.15, 0.2) is 12.5 Å². The van der Waals surface area contributed by atoms with Gasteiger partial charge in [-0.15, -0.1) is 0 Å². The zero-order chi connectivity index (χ0) is 61.8. The van der Waals surface area contributed by atoms with E-state index in [2.05, 4.69) is 57.8 Å². The van der Waals surface area contributed by atoms with Gasteiger partial charge in [-0.3, -0.25) is 57.5 Å². The number of aliphatic hydroxyl groups excluding tert-OH is 6. The Morgan fingerprint density at radius 1 is 0.481 bits per heavy atom. The SMILES string of the molecule is CC(C)C[C@H](NC(=O)[C@H](Cc1c[nH]cn1)NC(=O)[C@@H](NC(=O)[C@H](C)NC(=O)[C@H](CO)NC(=O)CNC(=O)[C@H](CO)NC(=O)CNC(=O)[C@H](CO)NC(=O)[C@H](CO)NC(=O)[C@H](C)NC(=O)[C@@H](NC(=O)[C@@H](N)CO)C(C)C)[C@@H](C)O)C(=O)O. The molecule has 12 amide bonds. The van der Waals surface area contributed by atoms with Crippen molar-refractivity contribution in [2.45, 2.75) is 134 Å². The summed E-state index contributed by atoms with van der Waals surface area (Å²) in [6.07, 6.45) is 0.902. The molecule has 0 bridgehead atoms. The first-order valence-corrected chi connectivity index (χ1v) is 25.2. The highest BCUT2D eigenvalue weighted by Gasteiger charge is 2.35. The zero-order valence-corrected chi connectivity index (χ0v) is 45.6. The molecule has 0 saturated heterocycles. The Kier molecular flexibility index (Phi) is 31.2. The van der Waals surface area contributed by atoms with Crippen molar-refractivity contribution < 1.29 is 98.1 Å². The number of aromatic amines is 1. The third-order valence-electron chi connectivity index (χ3n) is 11.4. The number of aliphatic carboxylic acids is 1. The van der Waals surface area contributed by atoms with E-state index in [1.807, 2.05) is 16.0 Å². The van der Waals surface area contributed by atoms with Crippen LogP contribution in [0.3, 0.4) is 0 Å². The summed E-state index contributed by atoms with van der Waals surface area (Å²) in [5.41, 5.74) is 5.77. The van der Waals surface area contributed by atoms with Gasteiger partial charge in [0.2, 0.25) is 70.9 Å². The number of aromatic nitrogens is 2. The van der Waals surface area contributed by atoms with Crippen LogP contribution in [0.5, 0.6) is 0 Å². The second kappa shape index (κ2) is 35.6. The summed E-state index contributed by atoms with van der Waals surface area (Å²) in [5, 5.41) is 94.7. The van der Waals surface area contributed by atoms with Crippen LogP contribution < -0.4 is 69.5 Å².